The van der Waals surface area contributed by atoms with Gasteiger partial charge in [-0.1, -0.05) is 6.07 Å². The van der Waals surface area contributed by atoms with Crippen molar-refractivity contribution >= 4 is 29.8 Å². The van der Waals surface area contributed by atoms with E-state index in [1.807, 2.05) is 13.1 Å². The molecule has 3 N–H and O–H groups in total. The van der Waals surface area contributed by atoms with Gasteiger partial charge in [0.15, 0.2) is 17.6 Å². The van der Waals surface area contributed by atoms with Crippen molar-refractivity contribution in [2.24, 2.45) is 0 Å². The number of hydrogen-bond acceptors (Lipinski definition) is 12. The Hall–Kier alpha value is -4.17. The predicted molar refractivity (Wildman–Crippen MR) is 138 cm³/mol. The number of esters is 3. The van der Waals surface area contributed by atoms with E-state index in [-0.39, 0.29) is 18.2 Å². The average molecular weight is 590 g/mol. The van der Waals surface area contributed by atoms with Crippen LogP contribution in [0.25, 0.3) is 0 Å². The first kappa shape index (κ1) is 29.3. The summed E-state index contributed by atoms with van der Waals surface area (Å²) in [6, 6.07) is 3.51. The second-order valence-corrected chi connectivity index (χ2v) is 10.9. The van der Waals surface area contributed by atoms with Gasteiger partial charge in [0.2, 0.25) is 12.2 Å². The van der Waals surface area contributed by atoms with Crippen molar-refractivity contribution in [3.8, 4) is 11.5 Å². The summed E-state index contributed by atoms with van der Waals surface area (Å²) in [6.07, 6.45) is -3.98. The van der Waals surface area contributed by atoms with Gasteiger partial charge < -0.3 is 43.9 Å². The number of carbonyl (C=O) groups is 5. The molecule has 4 aliphatic rings. The van der Waals surface area contributed by atoms with Crippen molar-refractivity contribution in [1.82, 2.24) is 4.90 Å². The highest BCUT2D eigenvalue weighted by Gasteiger charge is 2.72. The lowest BCUT2D eigenvalue weighted by Gasteiger charge is -2.61. The number of aliphatic hydroxyl groups is 1. The van der Waals surface area contributed by atoms with Gasteiger partial charge in [-0.2, -0.15) is 0 Å². The van der Waals surface area contributed by atoms with Crippen molar-refractivity contribution in [1.29, 1.82) is 0 Å². The van der Waals surface area contributed by atoms with Gasteiger partial charge >= 0.3 is 29.8 Å². The van der Waals surface area contributed by atoms with Crippen LogP contribution in [-0.2, 0) is 50.0 Å². The number of likely N-dealkylation sites (N-methyl/N-ethyl adjacent to an activating group) is 1. The van der Waals surface area contributed by atoms with Gasteiger partial charge in [0.25, 0.3) is 0 Å². The Labute approximate surface area is 239 Å². The molecule has 1 fully saturated rings. The third-order valence-electron chi connectivity index (χ3n) is 8.61. The van der Waals surface area contributed by atoms with Gasteiger partial charge in [-0.3, -0.25) is 14.4 Å². The number of likely N-dealkylation sites (tertiary alicyclic amines) is 1. The van der Waals surface area contributed by atoms with Crippen molar-refractivity contribution in [2.45, 2.75) is 74.4 Å². The van der Waals surface area contributed by atoms with Gasteiger partial charge in [0.05, 0.1) is 31.0 Å². The van der Waals surface area contributed by atoms with Crippen LogP contribution in [0.5, 0.6) is 11.5 Å². The van der Waals surface area contributed by atoms with Crippen LogP contribution in [0, 0.1) is 0 Å². The van der Waals surface area contributed by atoms with E-state index in [1.54, 1.807) is 12.1 Å². The first-order valence-electron chi connectivity index (χ1n) is 13.3. The number of aliphatic carboxylic acids is 2. The SMILES string of the molecule is COc1ccc2c3c1O[C@H]1C(OC(=O)C[C@H](OC(C)=O)C(=O)O[C@H](CC(=O)O)C(=O)O)=CC[C@@]4(O)[C@H](C2)N(C)CC[C@]314. The zero-order valence-corrected chi connectivity index (χ0v) is 23.2. The highest BCUT2D eigenvalue weighted by molar-refractivity contribution is 5.87. The summed E-state index contributed by atoms with van der Waals surface area (Å²) in [5.41, 5.74) is -0.384. The Morgan fingerprint density at radius 3 is 2.50 bits per heavy atom. The lowest BCUT2D eigenvalue weighted by Crippen LogP contribution is -2.74. The number of carboxylic acid groups (broad SMARTS) is 2. The van der Waals surface area contributed by atoms with Gasteiger partial charge in [0, 0.05) is 24.9 Å². The lowest BCUT2D eigenvalue weighted by atomic mass is 9.50. The van der Waals surface area contributed by atoms with E-state index in [9.17, 15) is 34.2 Å². The number of ether oxygens (including phenoxy) is 5. The van der Waals surface area contributed by atoms with Crippen LogP contribution in [0.2, 0.25) is 0 Å². The van der Waals surface area contributed by atoms with E-state index >= 15 is 0 Å². The zero-order valence-electron chi connectivity index (χ0n) is 23.2. The average Bonchev–Trinajstić information content (AvgIpc) is 3.27. The third-order valence-corrected chi connectivity index (χ3v) is 8.61. The summed E-state index contributed by atoms with van der Waals surface area (Å²) in [5.74, 6) is -5.66. The second-order valence-electron chi connectivity index (χ2n) is 10.9. The molecule has 0 saturated carbocycles. The molecule has 1 saturated heterocycles. The third kappa shape index (κ3) is 4.54. The standard InChI is InChI=1S/C28H31NO13/c1-13(30)39-18(26(36)41-17(25(34)35)11-20(31)32)12-21(33)40-16-6-7-28(37)19-10-14-4-5-15(38-3)23-22(14)27(28,24(16)42-23)8-9-29(19)2/h4-6,17-19,24,37H,7-12H2,1-3H3,(H,31,32)(H,34,35)/t17-,18+,19+,24+,27+,28-/m1/s1. The molecule has 1 aromatic rings. The van der Waals surface area contributed by atoms with Crippen molar-refractivity contribution in [3.05, 3.63) is 35.1 Å². The van der Waals surface area contributed by atoms with Crippen LogP contribution in [0.3, 0.4) is 0 Å². The fourth-order valence-electron chi connectivity index (χ4n) is 6.84. The zero-order chi connectivity index (χ0) is 30.6. The summed E-state index contributed by atoms with van der Waals surface area (Å²) in [6.45, 7) is 1.61. The van der Waals surface area contributed by atoms with E-state index in [2.05, 4.69) is 4.90 Å². The molecule has 0 amide bonds. The molecular weight excluding hydrogens is 558 g/mol. The lowest BCUT2D eigenvalue weighted by molar-refractivity contribution is -0.181. The summed E-state index contributed by atoms with van der Waals surface area (Å²) in [7, 11) is 3.46. The van der Waals surface area contributed by atoms with Crippen LogP contribution in [0.15, 0.2) is 24.0 Å². The summed E-state index contributed by atoms with van der Waals surface area (Å²) >= 11 is 0. The number of methoxy groups -OCH3 is 1. The number of hydrogen-bond donors (Lipinski definition) is 3. The van der Waals surface area contributed by atoms with Gasteiger partial charge in [-0.05, 0) is 44.1 Å². The maximum Gasteiger partial charge on any atom is 0.348 e. The summed E-state index contributed by atoms with van der Waals surface area (Å²) in [4.78, 5) is 61.8. The molecule has 14 nitrogen and oxygen atoms in total. The van der Waals surface area contributed by atoms with Crippen LogP contribution < -0.4 is 9.47 Å². The highest BCUT2D eigenvalue weighted by atomic mass is 16.6. The molecule has 0 aromatic heterocycles. The fourth-order valence-corrected chi connectivity index (χ4v) is 6.84. The van der Waals surface area contributed by atoms with Crippen LogP contribution in [0.4, 0.5) is 0 Å². The van der Waals surface area contributed by atoms with Crippen molar-refractivity contribution in [2.75, 3.05) is 20.7 Å². The summed E-state index contributed by atoms with van der Waals surface area (Å²) in [5, 5.41) is 30.3. The number of piperidine rings is 1. The topological polar surface area (TPSA) is 195 Å². The van der Waals surface area contributed by atoms with Crippen molar-refractivity contribution < 1.29 is 63.0 Å². The normalized spacial score (nSPS) is 28.2. The monoisotopic (exact) mass is 589 g/mol. The predicted octanol–water partition coefficient (Wildman–Crippen LogP) is 0.309. The quantitative estimate of drug-likeness (QED) is 0.249. The van der Waals surface area contributed by atoms with E-state index < -0.39 is 72.0 Å². The van der Waals surface area contributed by atoms with E-state index in [4.69, 9.17) is 28.8 Å². The first-order chi connectivity index (χ1) is 19.8. The molecule has 226 valence electrons. The molecule has 1 aromatic carbocycles. The molecule has 5 rings (SSSR count). The second kappa shape index (κ2) is 10.6. The maximum absolute atomic E-state index is 13.1. The highest BCUT2D eigenvalue weighted by Crippen LogP contribution is 2.65. The van der Waals surface area contributed by atoms with E-state index in [1.165, 1.54) is 7.11 Å². The van der Waals surface area contributed by atoms with Gasteiger partial charge in [-0.15, -0.1) is 0 Å². The number of nitrogens with zero attached hydrogens (tertiary/aromatic N) is 1. The smallest absolute Gasteiger partial charge is 0.348 e. The fraction of sp³-hybridized carbons (Fsp3) is 0.536. The molecule has 2 heterocycles. The molecule has 1 spiro atoms. The Bertz CT molecular complexity index is 1390. The Kier molecular flexibility index (Phi) is 7.39. The van der Waals surface area contributed by atoms with E-state index in [0.29, 0.717) is 30.9 Å². The molecule has 0 radical (unpaired) electrons. The number of benzene rings is 1. The van der Waals surface area contributed by atoms with Crippen LogP contribution in [0.1, 0.15) is 43.7 Å². The largest absolute Gasteiger partial charge is 0.493 e. The minimum absolute atomic E-state index is 0.100. The number of rotatable bonds is 10. The molecule has 42 heavy (non-hydrogen) atoms. The first-order valence-corrected chi connectivity index (χ1v) is 13.3. The molecule has 6 atom stereocenters. The molecule has 2 aliphatic carbocycles. The minimum atomic E-state index is -2.07. The Morgan fingerprint density at radius 2 is 1.86 bits per heavy atom. The minimum Gasteiger partial charge on any atom is -0.493 e. The molecule has 2 bridgehead atoms. The molecular formula is C28H31NO13. The van der Waals surface area contributed by atoms with E-state index in [0.717, 1.165) is 18.1 Å². The summed E-state index contributed by atoms with van der Waals surface area (Å²) < 4.78 is 27.3. The van der Waals surface area contributed by atoms with Crippen LogP contribution in [-0.4, -0.2) is 101 Å². The van der Waals surface area contributed by atoms with Gasteiger partial charge in [0.1, 0.15) is 5.76 Å². The molecule has 14 heteroatoms. The number of carbonyl (C=O) groups excluding carboxylic acids is 3. The maximum atomic E-state index is 13.1. The molecule has 0 unspecified atom stereocenters. The van der Waals surface area contributed by atoms with Crippen LogP contribution >= 0.6 is 0 Å². The van der Waals surface area contributed by atoms with Gasteiger partial charge in [-0.25, -0.2) is 9.59 Å². The van der Waals surface area contributed by atoms with Crippen molar-refractivity contribution in [3.63, 3.8) is 0 Å². The molecule has 2 aliphatic heterocycles. The Balaban J connectivity index is 1.41. The number of carboxylic acids is 2. The Morgan fingerprint density at radius 1 is 1.12 bits per heavy atom.